The van der Waals surface area contributed by atoms with E-state index in [0.29, 0.717) is 0 Å². The van der Waals surface area contributed by atoms with Crippen LogP contribution in [0.3, 0.4) is 0 Å². The van der Waals surface area contributed by atoms with Crippen LogP contribution in [0.1, 0.15) is 25.7 Å². The molecule has 0 aliphatic heterocycles. The Bertz CT molecular complexity index is 90.6. The molecule has 1 fully saturated rings. The summed E-state index contributed by atoms with van der Waals surface area (Å²) < 4.78 is 0. The first-order chi connectivity index (χ1) is 3.77. The van der Waals surface area contributed by atoms with E-state index in [0.717, 1.165) is 25.7 Å². The molecule has 0 spiro atoms. The van der Waals surface area contributed by atoms with E-state index < -0.39 is 5.60 Å². The lowest BCUT2D eigenvalue weighted by molar-refractivity contribution is 0.0213. The maximum absolute atomic E-state index is 11.2. The Balaban J connectivity index is 2.52. The van der Waals surface area contributed by atoms with Crippen LogP contribution < -0.4 is 0 Å². The molecule has 0 heterocycles. The molecule has 1 aliphatic rings. The van der Waals surface area contributed by atoms with Crippen LogP contribution in [0.4, 0.5) is 0 Å². The van der Waals surface area contributed by atoms with E-state index in [1.54, 1.807) is 6.08 Å². The van der Waals surface area contributed by atoms with Gasteiger partial charge in [-0.3, -0.25) is 0 Å². The van der Waals surface area contributed by atoms with E-state index in [1.807, 2.05) is 0 Å². The van der Waals surface area contributed by atoms with Crippen LogP contribution in [0.25, 0.3) is 0 Å². The lowest BCUT2D eigenvalue weighted by Crippen LogP contribution is -2.16. The maximum atomic E-state index is 11.2. The van der Waals surface area contributed by atoms with Crippen molar-refractivity contribution in [3.05, 3.63) is 12.7 Å². The van der Waals surface area contributed by atoms with Gasteiger partial charge in [-0.1, -0.05) is 18.9 Å². The van der Waals surface area contributed by atoms with Gasteiger partial charge in [0.05, 0.1) is 0 Å². The van der Waals surface area contributed by atoms with Gasteiger partial charge in [0, 0.05) is 0 Å². The fourth-order valence-electron chi connectivity index (χ4n) is 1.18. The van der Waals surface area contributed by atoms with E-state index in [2.05, 4.69) is 6.58 Å². The Kier molecular flexibility index (Phi) is 1.39. The summed E-state index contributed by atoms with van der Waals surface area (Å²) in [7, 11) is 0. The van der Waals surface area contributed by atoms with E-state index in [9.17, 15) is 5.11 Å². The van der Waals surface area contributed by atoms with Crippen LogP contribution in [-0.2, 0) is 5.11 Å². The first kappa shape index (κ1) is 5.83. The van der Waals surface area contributed by atoms with Gasteiger partial charge in [0.2, 0.25) is 0 Å². The van der Waals surface area contributed by atoms with Gasteiger partial charge in [0.1, 0.15) is 5.60 Å². The van der Waals surface area contributed by atoms with Crippen molar-refractivity contribution >= 4 is 0 Å². The molecule has 0 saturated heterocycles. The first-order valence-corrected chi connectivity index (χ1v) is 3.11. The van der Waals surface area contributed by atoms with E-state index in [1.165, 1.54) is 0 Å². The molecule has 8 heavy (non-hydrogen) atoms. The molecule has 1 radical (unpaired) electrons. The molecule has 0 N–H and O–H groups in total. The van der Waals surface area contributed by atoms with Crippen molar-refractivity contribution in [3.8, 4) is 0 Å². The summed E-state index contributed by atoms with van der Waals surface area (Å²) in [5.41, 5.74) is -0.750. The van der Waals surface area contributed by atoms with Crippen molar-refractivity contribution in [2.75, 3.05) is 0 Å². The van der Waals surface area contributed by atoms with Crippen LogP contribution in [-0.4, -0.2) is 5.60 Å². The zero-order valence-electron chi connectivity index (χ0n) is 5.02. The Morgan fingerprint density at radius 2 is 1.88 bits per heavy atom. The standard InChI is InChI=1S/C7H11O/c1-2-7(8)5-3-4-6-7/h2H,1,3-6H2. The van der Waals surface area contributed by atoms with Crippen LogP contribution in [0.5, 0.6) is 0 Å². The largest absolute Gasteiger partial charge is 0.225 e. The maximum Gasteiger partial charge on any atom is 0.121 e. The summed E-state index contributed by atoms with van der Waals surface area (Å²) in [6, 6.07) is 0. The lowest BCUT2D eigenvalue weighted by Gasteiger charge is -2.10. The highest BCUT2D eigenvalue weighted by molar-refractivity contribution is 4.98. The third-order valence-electron chi connectivity index (χ3n) is 1.82. The van der Waals surface area contributed by atoms with E-state index in [4.69, 9.17) is 0 Å². The zero-order valence-corrected chi connectivity index (χ0v) is 5.02. The monoisotopic (exact) mass is 111 g/mol. The molecule has 0 unspecified atom stereocenters. The molecular formula is C7H11O. The predicted molar refractivity (Wildman–Crippen MR) is 32.1 cm³/mol. The zero-order chi connectivity index (χ0) is 6.04. The molecule has 1 saturated carbocycles. The lowest BCUT2D eigenvalue weighted by atomic mass is 10.0. The van der Waals surface area contributed by atoms with Crippen molar-refractivity contribution in [2.45, 2.75) is 31.3 Å². The number of rotatable bonds is 1. The molecular weight excluding hydrogens is 100 g/mol. The second-order valence-corrected chi connectivity index (χ2v) is 2.48. The SMILES string of the molecule is C=CC1([O])CCCC1. The molecule has 1 rings (SSSR count). The summed E-state index contributed by atoms with van der Waals surface area (Å²) in [4.78, 5) is 0. The molecule has 0 bridgehead atoms. The molecule has 45 valence electrons. The fraction of sp³-hybridized carbons (Fsp3) is 0.714. The molecule has 0 aromatic heterocycles. The van der Waals surface area contributed by atoms with Gasteiger partial charge in [-0.2, -0.15) is 0 Å². The van der Waals surface area contributed by atoms with Gasteiger partial charge in [-0.05, 0) is 12.8 Å². The smallest absolute Gasteiger partial charge is 0.121 e. The van der Waals surface area contributed by atoms with Crippen LogP contribution in [0.15, 0.2) is 12.7 Å². The number of hydrogen-bond acceptors (Lipinski definition) is 0. The van der Waals surface area contributed by atoms with Crippen LogP contribution >= 0.6 is 0 Å². The number of hydrogen-bond donors (Lipinski definition) is 0. The Labute approximate surface area is 50.0 Å². The van der Waals surface area contributed by atoms with Gasteiger partial charge in [0.15, 0.2) is 0 Å². The quantitative estimate of drug-likeness (QED) is 0.461. The molecule has 1 heteroatoms. The highest BCUT2D eigenvalue weighted by Crippen LogP contribution is 2.30. The van der Waals surface area contributed by atoms with Crippen molar-refractivity contribution in [2.24, 2.45) is 0 Å². The molecule has 0 atom stereocenters. The molecule has 0 aromatic carbocycles. The summed E-state index contributed by atoms with van der Waals surface area (Å²) in [6.07, 6.45) is 5.35. The van der Waals surface area contributed by atoms with Crippen molar-refractivity contribution in [1.82, 2.24) is 0 Å². The minimum absolute atomic E-state index is 0.750. The normalized spacial score (nSPS) is 25.6. The van der Waals surface area contributed by atoms with Crippen molar-refractivity contribution < 1.29 is 5.11 Å². The predicted octanol–water partition coefficient (Wildman–Crippen LogP) is 1.92. The van der Waals surface area contributed by atoms with Crippen LogP contribution in [0.2, 0.25) is 0 Å². The van der Waals surface area contributed by atoms with Gasteiger partial charge in [0.25, 0.3) is 0 Å². The van der Waals surface area contributed by atoms with Gasteiger partial charge >= 0.3 is 0 Å². The molecule has 0 aromatic rings. The summed E-state index contributed by atoms with van der Waals surface area (Å²) in [5, 5.41) is 11.2. The topological polar surface area (TPSA) is 19.9 Å². The van der Waals surface area contributed by atoms with Crippen molar-refractivity contribution in [3.63, 3.8) is 0 Å². The average molecular weight is 111 g/mol. The molecule has 1 nitrogen and oxygen atoms in total. The molecule has 1 aliphatic carbocycles. The van der Waals surface area contributed by atoms with Gasteiger partial charge in [-0.15, -0.1) is 6.58 Å². The second kappa shape index (κ2) is 1.90. The highest BCUT2D eigenvalue weighted by Gasteiger charge is 2.29. The minimum Gasteiger partial charge on any atom is -0.225 e. The second-order valence-electron chi connectivity index (χ2n) is 2.48. The van der Waals surface area contributed by atoms with Gasteiger partial charge in [-0.25, -0.2) is 5.11 Å². The van der Waals surface area contributed by atoms with Crippen molar-refractivity contribution in [1.29, 1.82) is 0 Å². The Morgan fingerprint density at radius 3 is 2.12 bits per heavy atom. The minimum atomic E-state index is -0.750. The summed E-state index contributed by atoms with van der Waals surface area (Å²) in [5.74, 6) is 0. The first-order valence-electron chi connectivity index (χ1n) is 3.11. The Morgan fingerprint density at radius 1 is 1.38 bits per heavy atom. The summed E-state index contributed by atoms with van der Waals surface area (Å²) >= 11 is 0. The third kappa shape index (κ3) is 0.920. The third-order valence-corrected chi connectivity index (χ3v) is 1.82. The molecule has 0 amide bonds. The van der Waals surface area contributed by atoms with E-state index >= 15 is 0 Å². The fourth-order valence-corrected chi connectivity index (χ4v) is 1.18. The Hall–Kier alpha value is -0.300. The summed E-state index contributed by atoms with van der Waals surface area (Å²) in [6.45, 7) is 3.50. The van der Waals surface area contributed by atoms with Gasteiger partial charge < -0.3 is 0 Å². The average Bonchev–Trinajstić information content (AvgIpc) is 2.17. The van der Waals surface area contributed by atoms with Crippen LogP contribution in [0, 0.1) is 0 Å². The van der Waals surface area contributed by atoms with E-state index in [-0.39, 0.29) is 0 Å². The highest BCUT2D eigenvalue weighted by atomic mass is 16.3.